The van der Waals surface area contributed by atoms with Crippen LogP contribution in [0.2, 0.25) is 10.0 Å². The minimum absolute atomic E-state index is 0.0103. The molecule has 0 spiro atoms. The highest BCUT2D eigenvalue weighted by Crippen LogP contribution is 2.41. The average Bonchev–Trinajstić information content (AvgIpc) is 2.91. The number of ether oxygens (including phenoxy) is 4. The molecule has 12 heteroatoms. The molecule has 0 unspecified atom stereocenters. The Morgan fingerprint density at radius 3 is 2.03 bits per heavy atom. The summed E-state index contributed by atoms with van der Waals surface area (Å²) in [6.45, 7) is 1.84. The maximum atomic E-state index is 13.3. The average molecular weight is 551 g/mol. The summed E-state index contributed by atoms with van der Waals surface area (Å²) in [5.41, 5.74) is 1.41. The number of halogens is 3. The number of hydrogen-bond donors (Lipinski definition) is 0. The van der Waals surface area contributed by atoms with E-state index in [0.29, 0.717) is 54.9 Å². The van der Waals surface area contributed by atoms with Gasteiger partial charge in [-0.3, -0.25) is 4.79 Å². The van der Waals surface area contributed by atoms with Crippen LogP contribution < -0.4 is 23.8 Å². The lowest BCUT2D eigenvalue weighted by atomic mass is 10.1. The molecule has 1 aromatic heterocycles. The van der Waals surface area contributed by atoms with Crippen LogP contribution in [0.4, 0.5) is 10.2 Å². The molecule has 196 valence electrons. The van der Waals surface area contributed by atoms with Crippen LogP contribution in [0.25, 0.3) is 11.3 Å². The lowest BCUT2D eigenvalue weighted by Gasteiger charge is -2.35. The van der Waals surface area contributed by atoms with Gasteiger partial charge in [0.25, 0.3) is 5.91 Å². The minimum atomic E-state index is -0.579. The maximum Gasteiger partial charge on any atom is 0.260 e. The SMILES string of the molecule is COc1cc(-c2ccc(N3CCN(C(=O)COc4c(Cl)cc(F)cc4Cl)CC3)nn2)cc(OC)c1OC. The molecule has 9 nitrogen and oxygen atoms in total. The Morgan fingerprint density at radius 2 is 1.51 bits per heavy atom. The minimum Gasteiger partial charge on any atom is -0.493 e. The summed E-state index contributed by atoms with van der Waals surface area (Å²) in [6.07, 6.45) is 0. The largest absolute Gasteiger partial charge is 0.493 e. The van der Waals surface area contributed by atoms with Crippen molar-refractivity contribution in [2.45, 2.75) is 0 Å². The fourth-order valence-corrected chi connectivity index (χ4v) is 4.52. The Labute approximate surface area is 223 Å². The highest BCUT2D eigenvalue weighted by Gasteiger charge is 2.23. The van der Waals surface area contributed by atoms with E-state index in [0.717, 1.165) is 17.7 Å². The van der Waals surface area contributed by atoms with Crippen LogP contribution in [0.5, 0.6) is 23.0 Å². The van der Waals surface area contributed by atoms with Crippen LogP contribution >= 0.6 is 23.2 Å². The number of aromatic nitrogens is 2. The summed E-state index contributed by atoms with van der Waals surface area (Å²) in [5.74, 6) is 1.53. The van der Waals surface area contributed by atoms with Crippen molar-refractivity contribution in [1.29, 1.82) is 0 Å². The van der Waals surface area contributed by atoms with Gasteiger partial charge in [-0.05, 0) is 36.4 Å². The van der Waals surface area contributed by atoms with E-state index in [2.05, 4.69) is 10.2 Å². The number of anilines is 1. The van der Waals surface area contributed by atoms with Gasteiger partial charge in [0.1, 0.15) is 5.82 Å². The van der Waals surface area contributed by atoms with Gasteiger partial charge < -0.3 is 28.7 Å². The molecule has 1 saturated heterocycles. The fraction of sp³-hybridized carbons (Fsp3) is 0.320. The fourth-order valence-electron chi connectivity index (χ4n) is 3.95. The molecule has 37 heavy (non-hydrogen) atoms. The van der Waals surface area contributed by atoms with Gasteiger partial charge in [-0.15, -0.1) is 10.2 Å². The summed E-state index contributed by atoms with van der Waals surface area (Å²) in [4.78, 5) is 16.3. The molecule has 1 fully saturated rings. The Bertz CT molecular complexity index is 1220. The van der Waals surface area contributed by atoms with Crippen molar-refractivity contribution in [2.75, 3.05) is 59.0 Å². The van der Waals surface area contributed by atoms with Crippen molar-refractivity contribution in [3.63, 3.8) is 0 Å². The number of benzene rings is 2. The number of methoxy groups -OCH3 is 3. The van der Waals surface area contributed by atoms with E-state index in [1.165, 1.54) is 0 Å². The molecular weight excluding hydrogens is 526 g/mol. The Kier molecular flexibility index (Phi) is 8.40. The van der Waals surface area contributed by atoms with E-state index in [4.69, 9.17) is 42.1 Å². The highest BCUT2D eigenvalue weighted by molar-refractivity contribution is 6.37. The van der Waals surface area contributed by atoms with Crippen molar-refractivity contribution in [1.82, 2.24) is 15.1 Å². The predicted molar refractivity (Wildman–Crippen MR) is 138 cm³/mol. The van der Waals surface area contributed by atoms with Crippen molar-refractivity contribution in [2.24, 2.45) is 0 Å². The first-order chi connectivity index (χ1) is 17.8. The zero-order valence-corrected chi connectivity index (χ0v) is 22.0. The molecule has 0 N–H and O–H groups in total. The van der Waals surface area contributed by atoms with Gasteiger partial charge >= 0.3 is 0 Å². The van der Waals surface area contributed by atoms with Gasteiger partial charge in [-0.1, -0.05) is 23.2 Å². The second-order valence-corrected chi connectivity index (χ2v) is 8.86. The number of carbonyl (C=O) groups is 1. The van der Waals surface area contributed by atoms with E-state index in [9.17, 15) is 9.18 Å². The molecule has 2 aromatic carbocycles. The zero-order chi connectivity index (χ0) is 26.5. The molecule has 0 aliphatic carbocycles. The van der Waals surface area contributed by atoms with Crippen LogP contribution in [0.3, 0.4) is 0 Å². The van der Waals surface area contributed by atoms with Gasteiger partial charge in [0.2, 0.25) is 5.75 Å². The number of hydrogen-bond acceptors (Lipinski definition) is 8. The molecule has 1 aliphatic heterocycles. The maximum absolute atomic E-state index is 13.3. The second-order valence-electron chi connectivity index (χ2n) is 8.05. The summed E-state index contributed by atoms with van der Waals surface area (Å²) >= 11 is 11.9. The monoisotopic (exact) mass is 550 g/mol. The summed E-state index contributed by atoms with van der Waals surface area (Å²) < 4.78 is 35.0. The number of rotatable bonds is 8. The first-order valence-corrected chi connectivity index (χ1v) is 12.0. The molecule has 0 radical (unpaired) electrons. The predicted octanol–water partition coefficient (Wildman–Crippen LogP) is 4.34. The Morgan fingerprint density at radius 1 is 0.892 bits per heavy atom. The summed E-state index contributed by atoms with van der Waals surface area (Å²) in [5, 5.41) is 8.77. The lowest BCUT2D eigenvalue weighted by Crippen LogP contribution is -2.50. The van der Waals surface area contributed by atoms with Crippen LogP contribution in [0.15, 0.2) is 36.4 Å². The standard InChI is InChI=1S/C25H25Cl2FN4O5/c1-34-20-10-15(11-21(35-2)25(20)36-3)19-4-5-22(30-29-19)31-6-8-32(9-7-31)23(33)14-37-24-17(26)12-16(28)13-18(24)27/h4-5,10-13H,6-9,14H2,1-3H3. The van der Waals surface area contributed by atoms with Gasteiger partial charge in [-0.2, -0.15) is 0 Å². The van der Waals surface area contributed by atoms with E-state index in [1.54, 1.807) is 26.2 Å². The number of amides is 1. The smallest absolute Gasteiger partial charge is 0.260 e. The van der Waals surface area contributed by atoms with E-state index in [-0.39, 0.29) is 28.3 Å². The molecule has 0 bridgehead atoms. The topological polar surface area (TPSA) is 86.3 Å². The van der Waals surface area contributed by atoms with Gasteiger partial charge in [-0.25, -0.2) is 4.39 Å². The van der Waals surface area contributed by atoms with Crippen molar-refractivity contribution in [3.8, 4) is 34.3 Å². The number of carbonyl (C=O) groups excluding carboxylic acids is 1. The third-order valence-electron chi connectivity index (χ3n) is 5.87. The third-order valence-corrected chi connectivity index (χ3v) is 6.43. The lowest BCUT2D eigenvalue weighted by molar-refractivity contribution is -0.133. The molecule has 0 atom stereocenters. The van der Waals surface area contributed by atoms with Crippen molar-refractivity contribution in [3.05, 3.63) is 52.3 Å². The molecule has 1 amide bonds. The van der Waals surface area contributed by atoms with Crippen LogP contribution in [-0.2, 0) is 4.79 Å². The van der Waals surface area contributed by atoms with Crippen molar-refractivity contribution < 1.29 is 28.1 Å². The summed E-state index contributed by atoms with van der Waals surface area (Å²) in [6, 6.07) is 9.53. The second kappa shape index (κ2) is 11.7. The van der Waals surface area contributed by atoms with Gasteiger partial charge in [0.15, 0.2) is 29.7 Å². The number of nitrogens with zero attached hydrogens (tertiary/aromatic N) is 4. The van der Waals surface area contributed by atoms with E-state index < -0.39 is 5.82 Å². The van der Waals surface area contributed by atoms with Crippen molar-refractivity contribution >= 4 is 34.9 Å². The van der Waals surface area contributed by atoms with Gasteiger partial charge in [0.05, 0.1) is 37.1 Å². The molecular formula is C25H25Cl2FN4O5. The third kappa shape index (κ3) is 5.91. The molecule has 4 rings (SSSR count). The van der Waals surface area contributed by atoms with E-state index in [1.807, 2.05) is 29.2 Å². The molecule has 0 saturated carbocycles. The van der Waals surface area contributed by atoms with Crippen LogP contribution in [-0.4, -0.2) is 75.1 Å². The zero-order valence-electron chi connectivity index (χ0n) is 20.5. The first-order valence-electron chi connectivity index (χ1n) is 11.3. The molecule has 1 aliphatic rings. The van der Waals surface area contributed by atoms with E-state index >= 15 is 0 Å². The van der Waals surface area contributed by atoms with Crippen LogP contribution in [0, 0.1) is 5.82 Å². The van der Waals surface area contributed by atoms with Gasteiger partial charge in [0, 0.05) is 31.7 Å². The summed E-state index contributed by atoms with van der Waals surface area (Å²) in [7, 11) is 4.66. The molecule has 2 heterocycles. The Hall–Kier alpha value is -3.50. The number of piperazine rings is 1. The quantitative estimate of drug-likeness (QED) is 0.409. The van der Waals surface area contributed by atoms with Crippen LogP contribution in [0.1, 0.15) is 0 Å². The first kappa shape index (κ1) is 26.6. The molecule has 3 aromatic rings. The normalized spacial score (nSPS) is 13.4. The highest BCUT2D eigenvalue weighted by atomic mass is 35.5. The Balaban J connectivity index is 1.36.